The predicted octanol–water partition coefficient (Wildman–Crippen LogP) is 3.88. The van der Waals surface area contributed by atoms with Crippen molar-refractivity contribution in [1.82, 2.24) is 24.8 Å². The van der Waals surface area contributed by atoms with Crippen molar-refractivity contribution in [1.29, 1.82) is 0 Å². The number of nitrogens with one attached hydrogen (secondary N) is 2. The summed E-state index contributed by atoms with van der Waals surface area (Å²) in [6, 6.07) is 24.5. The second-order valence-corrected chi connectivity index (χ2v) is 8.05. The first-order valence-corrected chi connectivity index (χ1v) is 11.0. The van der Waals surface area contributed by atoms with Crippen molar-refractivity contribution in [3.05, 3.63) is 109 Å². The number of aromatic nitrogens is 3. The summed E-state index contributed by atoms with van der Waals surface area (Å²) in [4.78, 5) is 23.9. The van der Waals surface area contributed by atoms with Gasteiger partial charge in [0.15, 0.2) is 5.11 Å². The molecule has 4 heterocycles. The Morgan fingerprint density at radius 2 is 1.70 bits per heavy atom. The molecule has 0 aliphatic carbocycles. The summed E-state index contributed by atoms with van der Waals surface area (Å²) in [6.07, 6.45) is 5.49. The minimum absolute atomic E-state index is 0.0993. The number of amides is 1. The summed E-state index contributed by atoms with van der Waals surface area (Å²) in [6.45, 7) is 0.0993. The Hall–Kier alpha value is -4.04. The number of anilines is 1. The van der Waals surface area contributed by atoms with Crippen LogP contribution in [0.1, 0.15) is 23.5 Å². The second-order valence-electron chi connectivity index (χ2n) is 7.66. The molecule has 2 atom stereocenters. The maximum absolute atomic E-state index is 13.0. The van der Waals surface area contributed by atoms with Gasteiger partial charge in [-0.2, -0.15) is 0 Å². The molecule has 1 saturated heterocycles. The molecule has 7 nitrogen and oxygen atoms in total. The van der Waals surface area contributed by atoms with Crippen LogP contribution in [0.2, 0.25) is 0 Å². The molecule has 8 heteroatoms. The molecule has 2 N–H and O–H groups in total. The van der Waals surface area contributed by atoms with Crippen molar-refractivity contribution >= 4 is 28.9 Å². The summed E-state index contributed by atoms with van der Waals surface area (Å²) in [5, 5.41) is 6.85. The predicted molar refractivity (Wildman–Crippen MR) is 131 cm³/mol. The molecule has 3 aromatic heterocycles. The SMILES string of the molecule is O=C(CN1C(=S)N[C@@H](c2ccccn2)[C@@H]1c1cccn1-c1ccccn1)Nc1ccccc1. The first-order chi connectivity index (χ1) is 16.2. The normalized spacial score (nSPS) is 17.6. The van der Waals surface area contributed by atoms with E-state index in [4.69, 9.17) is 12.2 Å². The van der Waals surface area contributed by atoms with Gasteiger partial charge in [0.05, 0.1) is 17.8 Å². The van der Waals surface area contributed by atoms with Gasteiger partial charge < -0.3 is 20.1 Å². The van der Waals surface area contributed by atoms with E-state index in [1.165, 1.54) is 0 Å². The molecule has 1 aliphatic heterocycles. The van der Waals surface area contributed by atoms with Crippen molar-refractivity contribution in [2.75, 3.05) is 11.9 Å². The van der Waals surface area contributed by atoms with Crippen LogP contribution >= 0.6 is 12.2 Å². The van der Waals surface area contributed by atoms with Crippen molar-refractivity contribution < 1.29 is 4.79 Å². The molecule has 4 aromatic rings. The number of hydrogen-bond donors (Lipinski definition) is 2. The van der Waals surface area contributed by atoms with Gasteiger partial charge in [0.2, 0.25) is 5.91 Å². The highest BCUT2D eigenvalue weighted by Crippen LogP contribution is 2.39. The molecule has 1 aromatic carbocycles. The zero-order valence-electron chi connectivity index (χ0n) is 17.7. The lowest BCUT2D eigenvalue weighted by atomic mass is 10.0. The number of pyridine rings is 2. The lowest BCUT2D eigenvalue weighted by Crippen LogP contribution is -2.37. The van der Waals surface area contributed by atoms with E-state index in [0.29, 0.717) is 5.11 Å². The van der Waals surface area contributed by atoms with Crippen molar-refractivity contribution in [2.45, 2.75) is 12.1 Å². The number of carbonyl (C=O) groups excluding carboxylic acids is 1. The van der Waals surface area contributed by atoms with E-state index in [1.54, 1.807) is 12.4 Å². The molecule has 1 amide bonds. The summed E-state index contributed by atoms with van der Waals surface area (Å²) in [5.74, 6) is 0.650. The van der Waals surface area contributed by atoms with E-state index in [0.717, 1.165) is 22.9 Å². The summed E-state index contributed by atoms with van der Waals surface area (Å²) in [7, 11) is 0. The van der Waals surface area contributed by atoms with Gasteiger partial charge in [0.1, 0.15) is 12.4 Å². The Morgan fingerprint density at radius 3 is 2.42 bits per heavy atom. The molecule has 1 fully saturated rings. The van der Waals surface area contributed by atoms with E-state index in [1.807, 2.05) is 94.5 Å². The largest absolute Gasteiger partial charge is 0.352 e. The topological polar surface area (TPSA) is 75.1 Å². The highest BCUT2D eigenvalue weighted by molar-refractivity contribution is 7.80. The highest BCUT2D eigenvalue weighted by atomic mass is 32.1. The van der Waals surface area contributed by atoms with Gasteiger partial charge >= 0.3 is 0 Å². The van der Waals surface area contributed by atoms with Crippen LogP contribution in [0.3, 0.4) is 0 Å². The number of rotatable bonds is 6. The van der Waals surface area contributed by atoms with Crippen LogP contribution in [0.15, 0.2) is 97.5 Å². The molecule has 0 unspecified atom stereocenters. The molecule has 0 spiro atoms. The van der Waals surface area contributed by atoms with Crippen LogP contribution in [-0.2, 0) is 4.79 Å². The van der Waals surface area contributed by atoms with Crippen LogP contribution in [0, 0.1) is 0 Å². The van der Waals surface area contributed by atoms with Crippen LogP contribution in [-0.4, -0.2) is 37.0 Å². The number of benzene rings is 1. The molecule has 1 aliphatic rings. The quantitative estimate of drug-likeness (QED) is 0.431. The van der Waals surface area contributed by atoms with Gasteiger partial charge in [-0.3, -0.25) is 9.78 Å². The zero-order valence-corrected chi connectivity index (χ0v) is 18.5. The van der Waals surface area contributed by atoms with Gasteiger partial charge in [-0.1, -0.05) is 30.3 Å². The van der Waals surface area contributed by atoms with Crippen LogP contribution < -0.4 is 10.6 Å². The Morgan fingerprint density at radius 1 is 0.939 bits per heavy atom. The van der Waals surface area contributed by atoms with Crippen LogP contribution in [0.25, 0.3) is 5.82 Å². The lowest BCUT2D eigenvalue weighted by molar-refractivity contribution is -0.116. The lowest BCUT2D eigenvalue weighted by Gasteiger charge is -2.28. The fourth-order valence-corrected chi connectivity index (χ4v) is 4.42. The molecule has 0 radical (unpaired) electrons. The maximum atomic E-state index is 13.0. The smallest absolute Gasteiger partial charge is 0.244 e. The maximum Gasteiger partial charge on any atom is 0.244 e. The van der Waals surface area contributed by atoms with Crippen molar-refractivity contribution in [2.24, 2.45) is 0 Å². The van der Waals surface area contributed by atoms with Crippen LogP contribution in [0.4, 0.5) is 5.69 Å². The molecule has 164 valence electrons. The summed E-state index contributed by atoms with van der Waals surface area (Å²) in [5.41, 5.74) is 2.56. The van der Waals surface area contributed by atoms with Crippen molar-refractivity contribution in [3.8, 4) is 5.82 Å². The van der Waals surface area contributed by atoms with Gasteiger partial charge in [-0.05, 0) is 60.7 Å². The molecule has 0 saturated carbocycles. The number of carbonyl (C=O) groups is 1. The first-order valence-electron chi connectivity index (χ1n) is 10.6. The van der Waals surface area contributed by atoms with E-state index in [-0.39, 0.29) is 24.5 Å². The number of thiocarbonyl (C=S) groups is 1. The summed E-state index contributed by atoms with van der Waals surface area (Å²) >= 11 is 5.69. The zero-order chi connectivity index (χ0) is 22.6. The average molecular weight is 455 g/mol. The standard InChI is InChI=1S/C25H22N6OS/c32-22(28-18-9-2-1-3-10-18)17-31-24(23(29-25(31)33)19-11-4-6-14-26-19)20-12-8-16-30(20)21-13-5-7-15-27-21/h1-16,23-24H,17H2,(H,28,32)(H,29,33)/t23-,24-/m0/s1. The van der Waals surface area contributed by atoms with E-state index >= 15 is 0 Å². The highest BCUT2D eigenvalue weighted by Gasteiger charge is 2.42. The number of hydrogen-bond acceptors (Lipinski definition) is 4. The van der Waals surface area contributed by atoms with E-state index < -0.39 is 0 Å². The second kappa shape index (κ2) is 9.22. The van der Waals surface area contributed by atoms with Gasteiger partial charge in [0, 0.05) is 30.0 Å². The Bertz CT molecular complexity index is 1250. The third-order valence-electron chi connectivity index (χ3n) is 5.55. The van der Waals surface area contributed by atoms with Gasteiger partial charge in [-0.25, -0.2) is 4.98 Å². The Labute approximate surface area is 197 Å². The van der Waals surface area contributed by atoms with Crippen LogP contribution in [0.5, 0.6) is 0 Å². The first kappa shape index (κ1) is 20.8. The van der Waals surface area contributed by atoms with E-state index in [9.17, 15) is 4.79 Å². The third kappa shape index (κ3) is 4.33. The number of nitrogens with zero attached hydrogens (tertiary/aromatic N) is 4. The van der Waals surface area contributed by atoms with Crippen molar-refractivity contribution in [3.63, 3.8) is 0 Å². The molecule has 0 bridgehead atoms. The molecular weight excluding hydrogens is 432 g/mol. The minimum atomic E-state index is -0.258. The average Bonchev–Trinajstić information content (AvgIpc) is 3.45. The van der Waals surface area contributed by atoms with Gasteiger partial charge in [0.25, 0.3) is 0 Å². The molecular formula is C25H22N6OS. The van der Waals surface area contributed by atoms with Gasteiger partial charge in [-0.15, -0.1) is 0 Å². The summed E-state index contributed by atoms with van der Waals surface area (Å²) < 4.78 is 2.03. The third-order valence-corrected chi connectivity index (χ3v) is 5.90. The number of para-hydroxylation sites is 1. The molecule has 5 rings (SSSR count). The minimum Gasteiger partial charge on any atom is -0.352 e. The Kier molecular flexibility index (Phi) is 5.82. The monoisotopic (exact) mass is 454 g/mol. The van der Waals surface area contributed by atoms with E-state index in [2.05, 4.69) is 20.6 Å². The fourth-order valence-electron chi connectivity index (χ4n) is 4.11. The molecule has 33 heavy (non-hydrogen) atoms. The fraction of sp³-hybridized carbons (Fsp3) is 0.120. The Balaban J connectivity index is 1.51.